The number of hydrogen-bond donors (Lipinski definition) is 1. The number of aromatic nitrogens is 2. The van der Waals surface area contributed by atoms with Gasteiger partial charge in [-0.05, 0) is 49.4 Å². The molecule has 27 heavy (non-hydrogen) atoms. The van der Waals surface area contributed by atoms with Gasteiger partial charge in [0.25, 0.3) is 5.91 Å². The van der Waals surface area contributed by atoms with E-state index in [-0.39, 0.29) is 12.5 Å². The smallest absolute Gasteiger partial charge is 0.346 e. The standard InChI is InChI=1S/C20H17N3O4/c1-13-10-11-21-23(13)15-8-6-14(7-9-15)19(24)22-12-18(20(25)26)27-17-5-3-2-4-16(17)22/h2-11,18H,12H2,1H3,(H,25,26). The van der Waals surface area contributed by atoms with Crippen molar-refractivity contribution in [3.8, 4) is 11.4 Å². The Bertz CT molecular complexity index is 1010. The fourth-order valence-electron chi connectivity index (χ4n) is 3.10. The molecule has 1 unspecified atom stereocenters. The molecule has 0 spiro atoms. The van der Waals surface area contributed by atoms with Crippen LogP contribution >= 0.6 is 0 Å². The third kappa shape index (κ3) is 3.03. The lowest BCUT2D eigenvalue weighted by atomic mass is 10.1. The van der Waals surface area contributed by atoms with E-state index in [1.54, 1.807) is 47.3 Å². The Hall–Kier alpha value is -3.61. The summed E-state index contributed by atoms with van der Waals surface area (Å²) in [5.41, 5.74) is 2.86. The fourth-order valence-corrected chi connectivity index (χ4v) is 3.10. The van der Waals surface area contributed by atoms with Gasteiger partial charge >= 0.3 is 5.97 Å². The second-order valence-corrected chi connectivity index (χ2v) is 6.26. The van der Waals surface area contributed by atoms with Crippen LogP contribution in [0.5, 0.6) is 5.75 Å². The number of para-hydroxylation sites is 2. The number of carboxylic acid groups (broad SMARTS) is 1. The molecule has 2 aromatic carbocycles. The molecule has 0 saturated carbocycles. The van der Waals surface area contributed by atoms with E-state index in [4.69, 9.17) is 4.74 Å². The Morgan fingerprint density at radius 3 is 2.52 bits per heavy atom. The third-order valence-corrected chi connectivity index (χ3v) is 4.49. The van der Waals surface area contributed by atoms with Crippen molar-refractivity contribution in [3.05, 3.63) is 72.1 Å². The minimum absolute atomic E-state index is 0.0504. The van der Waals surface area contributed by atoms with Crippen LogP contribution in [0.3, 0.4) is 0 Å². The Kier molecular flexibility index (Phi) is 4.12. The molecule has 7 nitrogen and oxygen atoms in total. The van der Waals surface area contributed by atoms with Crippen molar-refractivity contribution in [1.29, 1.82) is 0 Å². The number of hydrogen-bond acceptors (Lipinski definition) is 4. The molecule has 136 valence electrons. The van der Waals surface area contributed by atoms with Gasteiger partial charge in [0.2, 0.25) is 6.10 Å². The number of carbonyl (C=O) groups excluding carboxylic acids is 1. The predicted octanol–water partition coefficient (Wildman–Crippen LogP) is 2.67. The minimum Gasteiger partial charge on any atom is -0.478 e. The van der Waals surface area contributed by atoms with Gasteiger partial charge in [-0.15, -0.1) is 0 Å². The Balaban J connectivity index is 1.66. The van der Waals surface area contributed by atoms with Crippen LogP contribution in [0, 0.1) is 6.92 Å². The molecule has 1 aliphatic rings. The van der Waals surface area contributed by atoms with Crippen molar-refractivity contribution >= 4 is 17.6 Å². The van der Waals surface area contributed by atoms with Gasteiger partial charge in [0, 0.05) is 17.5 Å². The van der Waals surface area contributed by atoms with Gasteiger partial charge in [-0.1, -0.05) is 12.1 Å². The van der Waals surface area contributed by atoms with Crippen LogP contribution in [0.15, 0.2) is 60.8 Å². The Labute approximate surface area is 155 Å². The van der Waals surface area contributed by atoms with Crippen molar-refractivity contribution in [2.75, 3.05) is 11.4 Å². The molecule has 1 N–H and O–H groups in total. The van der Waals surface area contributed by atoms with Crippen molar-refractivity contribution in [3.63, 3.8) is 0 Å². The Morgan fingerprint density at radius 2 is 1.85 bits per heavy atom. The number of aliphatic carboxylic acids is 1. The number of benzene rings is 2. The van der Waals surface area contributed by atoms with E-state index in [0.717, 1.165) is 11.4 Å². The van der Waals surface area contributed by atoms with Gasteiger partial charge < -0.3 is 14.7 Å². The molecule has 1 atom stereocenters. The maximum Gasteiger partial charge on any atom is 0.346 e. The van der Waals surface area contributed by atoms with E-state index in [1.165, 1.54) is 4.90 Å². The van der Waals surface area contributed by atoms with Crippen LogP contribution in [0.25, 0.3) is 5.69 Å². The third-order valence-electron chi connectivity index (χ3n) is 4.49. The second-order valence-electron chi connectivity index (χ2n) is 6.26. The average Bonchev–Trinajstić information content (AvgIpc) is 3.12. The van der Waals surface area contributed by atoms with Gasteiger partial charge in [-0.3, -0.25) is 4.79 Å². The fraction of sp³-hybridized carbons (Fsp3) is 0.150. The van der Waals surface area contributed by atoms with Crippen LogP contribution < -0.4 is 9.64 Å². The van der Waals surface area contributed by atoms with E-state index in [1.807, 2.05) is 25.1 Å². The number of aryl methyl sites for hydroxylation is 1. The number of rotatable bonds is 3. The highest BCUT2D eigenvalue weighted by Crippen LogP contribution is 2.34. The van der Waals surface area contributed by atoms with Gasteiger partial charge in [0.15, 0.2) is 0 Å². The number of fused-ring (bicyclic) bond motifs is 1. The summed E-state index contributed by atoms with van der Waals surface area (Å²) in [6.45, 7) is 1.90. The maximum atomic E-state index is 13.1. The molecular formula is C20H17N3O4. The van der Waals surface area contributed by atoms with Crippen molar-refractivity contribution in [2.45, 2.75) is 13.0 Å². The summed E-state index contributed by atoms with van der Waals surface area (Å²) >= 11 is 0. The molecule has 0 fully saturated rings. The number of amides is 1. The molecular weight excluding hydrogens is 346 g/mol. The molecule has 7 heteroatoms. The zero-order chi connectivity index (χ0) is 19.0. The van der Waals surface area contributed by atoms with Crippen LogP contribution in [0.4, 0.5) is 5.69 Å². The lowest BCUT2D eigenvalue weighted by molar-refractivity contribution is -0.144. The number of carbonyl (C=O) groups is 2. The van der Waals surface area contributed by atoms with Crippen LogP contribution in [-0.4, -0.2) is 39.4 Å². The molecule has 4 rings (SSSR count). The second kappa shape index (κ2) is 6.60. The molecule has 1 amide bonds. The Morgan fingerprint density at radius 1 is 1.11 bits per heavy atom. The number of ether oxygens (including phenoxy) is 1. The monoisotopic (exact) mass is 363 g/mol. The van der Waals surface area contributed by atoms with E-state index in [2.05, 4.69) is 5.10 Å². The van der Waals surface area contributed by atoms with E-state index >= 15 is 0 Å². The van der Waals surface area contributed by atoms with E-state index in [0.29, 0.717) is 17.0 Å². The molecule has 0 radical (unpaired) electrons. The van der Waals surface area contributed by atoms with E-state index < -0.39 is 12.1 Å². The first-order valence-electron chi connectivity index (χ1n) is 8.46. The first-order valence-corrected chi connectivity index (χ1v) is 8.46. The van der Waals surface area contributed by atoms with E-state index in [9.17, 15) is 14.7 Å². The largest absolute Gasteiger partial charge is 0.478 e. The average molecular weight is 363 g/mol. The van der Waals surface area contributed by atoms with Gasteiger partial charge in [0.05, 0.1) is 17.9 Å². The summed E-state index contributed by atoms with van der Waals surface area (Å²) in [7, 11) is 0. The van der Waals surface area contributed by atoms with Crippen molar-refractivity contribution < 1.29 is 19.4 Å². The van der Waals surface area contributed by atoms with Crippen LogP contribution in [0.2, 0.25) is 0 Å². The molecule has 1 aromatic heterocycles. The summed E-state index contributed by atoms with van der Waals surface area (Å²) in [6, 6.07) is 15.9. The first kappa shape index (κ1) is 16.8. The van der Waals surface area contributed by atoms with Crippen molar-refractivity contribution in [2.24, 2.45) is 0 Å². The SMILES string of the molecule is Cc1ccnn1-c1ccc(C(=O)N2CC(C(=O)O)Oc3ccccc32)cc1. The highest BCUT2D eigenvalue weighted by molar-refractivity contribution is 6.07. The zero-order valence-corrected chi connectivity index (χ0v) is 14.6. The van der Waals surface area contributed by atoms with Gasteiger partial charge in [0.1, 0.15) is 5.75 Å². The van der Waals surface area contributed by atoms with Gasteiger partial charge in [-0.2, -0.15) is 5.10 Å². The highest BCUT2D eigenvalue weighted by Gasteiger charge is 2.34. The van der Waals surface area contributed by atoms with Crippen molar-refractivity contribution in [1.82, 2.24) is 9.78 Å². The lowest BCUT2D eigenvalue weighted by Crippen LogP contribution is -2.47. The van der Waals surface area contributed by atoms with Gasteiger partial charge in [-0.25, -0.2) is 9.48 Å². The summed E-state index contributed by atoms with van der Waals surface area (Å²) < 4.78 is 7.26. The lowest BCUT2D eigenvalue weighted by Gasteiger charge is -2.33. The molecule has 2 heterocycles. The molecule has 0 aliphatic carbocycles. The topological polar surface area (TPSA) is 84.7 Å². The normalized spacial score (nSPS) is 15.7. The summed E-state index contributed by atoms with van der Waals surface area (Å²) in [4.78, 5) is 25.9. The number of nitrogens with zero attached hydrogens (tertiary/aromatic N) is 3. The molecule has 1 aliphatic heterocycles. The number of anilines is 1. The summed E-state index contributed by atoms with van der Waals surface area (Å²) in [6.07, 6.45) is 0.611. The molecule has 0 saturated heterocycles. The molecule has 0 bridgehead atoms. The number of carboxylic acids is 1. The quantitative estimate of drug-likeness (QED) is 0.773. The predicted molar refractivity (Wildman–Crippen MR) is 98.5 cm³/mol. The van der Waals surface area contributed by atoms with Crippen LogP contribution in [0.1, 0.15) is 16.1 Å². The first-order chi connectivity index (χ1) is 13.0. The highest BCUT2D eigenvalue weighted by atomic mass is 16.5. The minimum atomic E-state index is -1.10. The summed E-state index contributed by atoms with van der Waals surface area (Å²) in [5.74, 6) is -0.999. The molecule has 3 aromatic rings. The zero-order valence-electron chi connectivity index (χ0n) is 14.6. The summed E-state index contributed by atoms with van der Waals surface area (Å²) in [5, 5.41) is 13.6. The van der Waals surface area contributed by atoms with Crippen LogP contribution in [-0.2, 0) is 4.79 Å². The maximum absolute atomic E-state index is 13.1.